The van der Waals surface area contributed by atoms with Crippen molar-refractivity contribution in [3.05, 3.63) is 147 Å². The van der Waals surface area contributed by atoms with E-state index in [1.54, 1.807) is 0 Å². The Balaban J connectivity index is 1.37. The third-order valence-corrected chi connectivity index (χ3v) is 8.52. The highest BCUT2D eigenvalue weighted by atomic mass is 15.0. The van der Waals surface area contributed by atoms with Gasteiger partial charge in [0.1, 0.15) is 0 Å². The van der Waals surface area contributed by atoms with Crippen molar-refractivity contribution in [2.75, 3.05) is 0 Å². The number of benzene rings is 4. The highest BCUT2D eigenvalue weighted by Crippen LogP contribution is 2.36. The van der Waals surface area contributed by atoms with Crippen LogP contribution in [0.4, 0.5) is 0 Å². The molecule has 3 heteroatoms. The molecule has 0 aliphatic heterocycles. The summed E-state index contributed by atoms with van der Waals surface area (Å²) in [4.78, 5) is 15.3. The van der Waals surface area contributed by atoms with E-state index in [1.807, 2.05) is 6.92 Å². The molecule has 1 aromatic heterocycles. The molecule has 204 valence electrons. The van der Waals surface area contributed by atoms with Crippen LogP contribution in [0.5, 0.6) is 0 Å². The minimum atomic E-state index is 0.354. The van der Waals surface area contributed by atoms with Crippen molar-refractivity contribution >= 4 is 23.8 Å². The van der Waals surface area contributed by atoms with Gasteiger partial charge in [-0.15, -0.1) is 0 Å². The molecule has 0 saturated carbocycles. The van der Waals surface area contributed by atoms with Crippen molar-refractivity contribution < 1.29 is 0 Å². The second-order valence-electron chi connectivity index (χ2n) is 11.1. The fourth-order valence-electron chi connectivity index (χ4n) is 6.32. The Bertz CT molecular complexity index is 1980. The van der Waals surface area contributed by atoms with E-state index in [1.165, 1.54) is 43.8 Å². The third-order valence-electron chi connectivity index (χ3n) is 8.52. The summed E-state index contributed by atoms with van der Waals surface area (Å²) in [6, 6.07) is 32.5. The van der Waals surface area contributed by atoms with Crippen molar-refractivity contribution in [2.24, 2.45) is 0 Å². The molecule has 0 bridgehead atoms. The predicted molar refractivity (Wildman–Crippen MR) is 174 cm³/mol. The predicted octanol–water partition coefficient (Wildman–Crippen LogP) is 7.87. The Morgan fingerprint density at radius 2 is 1.55 bits per heavy atom. The van der Waals surface area contributed by atoms with Gasteiger partial charge in [0.15, 0.2) is 17.5 Å². The molecule has 0 radical (unpaired) electrons. The Labute approximate surface area is 247 Å². The fraction of sp³-hybridized carbons (Fsp3) is 0.154. The zero-order valence-electron chi connectivity index (χ0n) is 24.1. The monoisotopic (exact) mass is 543 g/mol. The van der Waals surface area contributed by atoms with Crippen LogP contribution in [0.15, 0.2) is 103 Å². The zero-order valence-corrected chi connectivity index (χ0v) is 24.1. The van der Waals surface area contributed by atoms with E-state index in [2.05, 4.69) is 128 Å². The SMILES string of the molecule is C/C=C\c1cccc(-c2nc(C3=c4ccccc4=CCC3)nc(-c3ccc(C4CC=Cc5ccccc54)cc3)n2)c1C. The summed E-state index contributed by atoms with van der Waals surface area (Å²) in [5.41, 5.74) is 9.57. The zero-order chi connectivity index (χ0) is 28.5. The normalized spacial score (nSPS) is 15.8. The number of fused-ring (bicyclic) bond motifs is 2. The lowest BCUT2D eigenvalue weighted by molar-refractivity contribution is 0.819. The first kappa shape index (κ1) is 26.0. The van der Waals surface area contributed by atoms with Gasteiger partial charge in [0.25, 0.3) is 0 Å². The first-order chi connectivity index (χ1) is 20.7. The van der Waals surface area contributed by atoms with Gasteiger partial charge in [-0.1, -0.05) is 121 Å². The van der Waals surface area contributed by atoms with Gasteiger partial charge in [0, 0.05) is 22.6 Å². The first-order valence-corrected chi connectivity index (χ1v) is 14.8. The molecule has 42 heavy (non-hydrogen) atoms. The van der Waals surface area contributed by atoms with Crippen molar-refractivity contribution in [2.45, 2.75) is 39.0 Å². The van der Waals surface area contributed by atoms with Gasteiger partial charge in [0.05, 0.1) is 0 Å². The van der Waals surface area contributed by atoms with Crippen LogP contribution in [-0.4, -0.2) is 15.0 Å². The van der Waals surface area contributed by atoms with Crippen LogP contribution in [0.25, 0.3) is 46.6 Å². The molecule has 0 amide bonds. The molecule has 5 aromatic rings. The maximum absolute atomic E-state index is 5.12. The van der Waals surface area contributed by atoms with Crippen LogP contribution in [0, 0.1) is 6.92 Å². The summed E-state index contributed by atoms with van der Waals surface area (Å²) in [6.07, 6.45) is 13.9. The standard InChI is InChI=1S/C39H33N3/c1-3-11-27-14-8-19-32(26(27)2)38-40-37(41-39(42-38)36-21-10-16-29-13-5-7-18-35(29)36)31-24-22-30(23-25-31)34-20-9-15-28-12-4-6-17-33(28)34/h3-9,11-19,22-25,34H,10,20-21H2,1-2H3/b11-3-. The highest BCUT2D eigenvalue weighted by molar-refractivity contribution is 5.72. The number of hydrogen-bond acceptors (Lipinski definition) is 3. The molecular weight excluding hydrogens is 510 g/mol. The summed E-state index contributed by atoms with van der Waals surface area (Å²) in [5.74, 6) is 2.55. The number of hydrogen-bond donors (Lipinski definition) is 0. The minimum Gasteiger partial charge on any atom is -0.208 e. The van der Waals surface area contributed by atoms with Crippen molar-refractivity contribution in [1.29, 1.82) is 0 Å². The van der Waals surface area contributed by atoms with Gasteiger partial charge in [-0.05, 0) is 71.4 Å². The Morgan fingerprint density at radius 3 is 2.43 bits per heavy atom. The lowest BCUT2D eigenvalue weighted by atomic mass is 9.82. The van der Waals surface area contributed by atoms with Crippen molar-refractivity contribution in [3.63, 3.8) is 0 Å². The largest absolute Gasteiger partial charge is 0.208 e. The van der Waals surface area contributed by atoms with Crippen LogP contribution >= 0.6 is 0 Å². The molecule has 7 rings (SSSR count). The molecule has 3 nitrogen and oxygen atoms in total. The smallest absolute Gasteiger partial charge is 0.164 e. The summed E-state index contributed by atoms with van der Waals surface area (Å²) < 4.78 is 0. The molecule has 1 atom stereocenters. The van der Waals surface area contributed by atoms with E-state index in [0.29, 0.717) is 17.6 Å². The van der Waals surface area contributed by atoms with E-state index < -0.39 is 0 Å². The minimum absolute atomic E-state index is 0.354. The Kier molecular flexibility index (Phi) is 6.93. The molecule has 0 fully saturated rings. The second kappa shape index (κ2) is 11.2. The van der Waals surface area contributed by atoms with E-state index >= 15 is 0 Å². The molecule has 4 aromatic carbocycles. The summed E-state index contributed by atoms with van der Waals surface area (Å²) in [6.45, 7) is 4.20. The van der Waals surface area contributed by atoms with E-state index in [4.69, 9.17) is 15.0 Å². The van der Waals surface area contributed by atoms with Gasteiger partial charge in [-0.2, -0.15) is 0 Å². The number of nitrogens with zero attached hydrogens (tertiary/aromatic N) is 3. The maximum atomic E-state index is 5.12. The van der Waals surface area contributed by atoms with Gasteiger partial charge in [-0.3, -0.25) is 0 Å². The average molecular weight is 544 g/mol. The molecule has 2 aliphatic rings. The highest BCUT2D eigenvalue weighted by Gasteiger charge is 2.20. The number of rotatable bonds is 5. The third kappa shape index (κ3) is 4.81. The van der Waals surface area contributed by atoms with Crippen LogP contribution in [0.3, 0.4) is 0 Å². The molecule has 1 unspecified atom stereocenters. The molecule has 2 aliphatic carbocycles. The molecular formula is C39H33N3. The average Bonchev–Trinajstić information content (AvgIpc) is 3.05. The van der Waals surface area contributed by atoms with E-state index in [0.717, 1.165) is 36.2 Å². The summed E-state index contributed by atoms with van der Waals surface area (Å²) in [7, 11) is 0. The van der Waals surface area contributed by atoms with Gasteiger partial charge in [0.2, 0.25) is 0 Å². The molecule has 0 spiro atoms. The van der Waals surface area contributed by atoms with Gasteiger partial charge < -0.3 is 0 Å². The molecule has 0 saturated heterocycles. The topological polar surface area (TPSA) is 38.7 Å². The van der Waals surface area contributed by atoms with Crippen molar-refractivity contribution in [3.8, 4) is 22.8 Å². The van der Waals surface area contributed by atoms with Crippen LogP contribution in [0.1, 0.15) is 65.7 Å². The number of aromatic nitrogens is 3. The summed E-state index contributed by atoms with van der Waals surface area (Å²) in [5, 5.41) is 2.46. The lowest BCUT2D eigenvalue weighted by Gasteiger charge is -2.22. The van der Waals surface area contributed by atoms with Gasteiger partial charge >= 0.3 is 0 Å². The quantitative estimate of drug-likeness (QED) is 0.226. The fourth-order valence-corrected chi connectivity index (χ4v) is 6.32. The van der Waals surface area contributed by atoms with E-state index in [9.17, 15) is 0 Å². The summed E-state index contributed by atoms with van der Waals surface area (Å²) >= 11 is 0. The van der Waals surface area contributed by atoms with Crippen LogP contribution < -0.4 is 10.4 Å². The Morgan fingerprint density at radius 1 is 0.762 bits per heavy atom. The van der Waals surface area contributed by atoms with Crippen LogP contribution in [-0.2, 0) is 0 Å². The maximum Gasteiger partial charge on any atom is 0.164 e. The molecule has 0 N–H and O–H groups in total. The number of allylic oxidation sites excluding steroid dienone is 2. The van der Waals surface area contributed by atoms with E-state index in [-0.39, 0.29) is 0 Å². The lowest BCUT2D eigenvalue weighted by Crippen LogP contribution is -2.30. The second-order valence-corrected chi connectivity index (χ2v) is 11.1. The van der Waals surface area contributed by atoms with Gasteiger partial charge in [-0.25, -0.2) is 15.0 Å². The first-order valence-electron chi connectivity index (χ1n) is 14.8. The Hall–Kier alpha value is -4.89. The van der Waals surface area contributed by atoms with Crippen LogP contribution in [0.2, 0.25) is 0 Å². The van der Waals surface area contributed by atoms with Crippen molar-refractivity contribution in [1.82, 2.24) is 15.0 Å². The molecule has 1 heterocycles.